The second kappa shape index (κ2) is 6.65. The Morgan fingerprint density at radius 1 is 1.24 bits per heavy atom. The number of nitrogens with one attached hydrogen (secondary N) is 1. The number of para-hydroxylation sites is 1. The first kappa shape index (κ1) is 16.4. The fourth-order valence-corrected chi connectivity index (χ4v) is 4.91. The average molecular weight is 353 g/mol. The number of aromatic nitrogens is 1. The number of hydrogen-bond donors (Lipinski definition) is 2. The highest BCUT2D eigenvalue weighted by atomic mass is 32.1. The molecule has 25 heavy (non-hydrogen) atoms. The summed E-state index contributed by atoms with van der Waals surface area (Å²) in [6.07, 6.45) is 1.69. The lowest BCUT2D eigenvalue weighted by Gasteiger charge is -2.36. The first-order chi connectivity index (χ1) is 12.1. The summed E-state index contributed by atoms with van der Waals surface area (Å²) < 4.78 is 0. The first-order valence-corrected chi connectivity index (χ1v) is 9.67. The standard InChI is InChI=1S/C20H23N3OS/c1-13-18(15-5-2-3-6-16(15)22-13)19(17-7-4-12-25-17)23-10-8-14(9-11-23)20(21)24/h2-7,12,14,19,22H,8-11H2,1H3,(H2,21,24)/t19-/m1/s1. The number of fused-ring (bicyclic) bond motifs is 1. The molecule has 1 atom stereocenters. The number of rotatable bonds is 4. The molecule has 130 valence electrons. The van der Waals surface area contributed by atoms with Gasteiger partial charge >= 0.3 is 0 Å². The van der Waals surface area contributed by atoms with E-state index in [9.17, 15) is 4.79 Å². The van der Waals surface area contributed by atoms with Crippen molar-refractivity contribution in [2.75, 3.05) is 13.1 Å². The number of thiophene rings is 1. The van der Waals surface area contributed by atoms with Crippen LogP contribution in [0.1, 0.15) is 35.0 Å². The number of carbonyl (C=O) groups is 1. The molecule has 1 fully saturated rings. The molecule has 1 aliphatic rings. The predicted octanol–water partition coefficient (Wildman–Crippen LogP) is 3.82. The molecule has 0 saturated carbocycles. The van der Waals surface area contributed by atoms with Crippen LogP contribution in [-0.2, 0) is 4.79 Å². The molecule has 2 aromatic heterocycles. The minimum Gasteiger partial charge on any atom is -0.369 e. The molecule has 3 aromatic rings. The fourth-order valence-electron chi connectivity index (χ4n) is 4.04. The molecule has 4 nitrogen and oxygen atoms in total. The van der Waals surface area contributed by atoms with Gasteiger partial charge in [-0.3, -0.25) is 9.69 Å². The van der Waals surface area contributed by atoms with Crippen LogP contribution in [-0.4, -0.2) is 28.9 Å². The highest BCUT2D eigenvalue weighted by molar-refractivity contribution is 7.10. The molecule has 3 heterocycles. The van der Waals surface area contributed by atoms with E-state index in [1.807, 2.05) is 0 Å². The predicted molar refractivity (Wildman–Crippen MR) is 103 cm³/mol. The van der Waals surface area contributed by atoms with Crippen molar-refractivity contribution < 1.29 is 4.79 Å². The zero-order valence-corrected chi connectivity index (χ0v) is 15.2. The van der Waals surface area contributed by atoms with Crippen molar-refractivity contribution in [3.8, 4) is 0 Å². The summed E-state index contributed by atoms with van der Waals surface area (Å²) in [5.74, 6) is -0.139. The van der Waals surface area contributed by atoms with E-state index >= 15 is 0 Å². The topological polar surface area (TPSA) is 62.1 Å². The van der Waals surface area contributed by atoms with Gasteiger partial charge in [0, 0.05) is 33.0 Å². The molecule has 3 N–H and O–H groups in total. The molecule has 0 bridgehead atoms. The third kappa shape index (κ3) is 2.98. The van der Waals surface area contributed by atoms with Crippen LogP contribution >= 0.6 is 11.3 Å². The average Bonchev–Trinajstić information content (AvgIpc) is 3.24. The van der Waals surface area contributed by atoms with Crippen molar-refractivity contribution in [3.05, 3.63) is 57.9 Å². The number of H-pyrrole nitrogens is 1. The van der Waals surface area contributed by atoms with Gasteiger partial charge in [0.2, 0.25) is 5.91 Å². The Balaban J connectivity index is 1.75. The molecule has 1 amide bonds. The molecule has 4 rings (SSSR count). The lowest BCUT2D eigenvalue weighted by atomic mass is 9.92. The number of nitrogens with two attached hydrogens (primary N) is 1. The van der Waals surface area contributed by atoms with E-state index in [-0.39, 0.29) is 17.9 Å². The number of primary amides is 1. The summed E-state index contributed by atoms with van der Waals surface area (Å²) >= 11 is 1.80. The third-order valence-electron chi connectivity index (χ3n) is 5.33. The monoisotopic (exact) mass is 353 g/mol. The van der Waals surface area contributed by atoms with Gasteiger partial charge in [0.05, 0.1) is 6.04 Å². The number of piperidine rings is 1. The Hall–Kier alpha value is -2.11. The molecule has 0 unspecified atom stereocenters. The van der Waals surface area contributed by atoms with E-state index in [0.29, 0.717) is 0 Å². The lowest BCUT2D eigenvalue weighted by Crippen LogP contribution is -2.40. The Bertz CT molecular complexity index is 876. The zero-order valence-electron chi connectivity index (χ0n) is 14.4. The quantitative estimate of drug-likeness (QED) is 0.749. The Labute approximate surface area is 151 Å². The van der Waals surface area contributed by atoms with Crippen molar-refractivity contribution in [2.45, 2.75) is 25.8 Å². The Morgan fingerprint density at radius 3 is 2.68 bits per heavy atom. The van der Waals surface area contributed by atoms with Crippen LogP contribution in [0.5, 0.6) is 0 Å². The van der Waals surface area contributed by atoms with Crippen LogP contribution in [0.25, 0.3) is 10.9 Å². The Kier molecular flexibility index (Phi) is 4.36. The van der Waals surface area contributed by atoms with Gasteiger partial charge in [-0.2, -0.15) is 0 Å². The number of nitrogens with zero attached hydrogens (tertiary/aromatic N) is 1. The van der Waals surface area contributed by atoms with E-state index in [1.54, 1.807) is 11.3 Å². The van der Waals surface area contributed by atoms with Crippen LogP contribution in [0.15, 0.2) is 41.8 Å². The minimum absolute atomic E-state index is 0.0179. The van der Waals surface area contributed by atoms with Crippen LogP contribution in [0.3, 0.4) is 0 Å². The Morgan fingerprint density at radius 2 is 2.00 bits per heavy atom. The maximum absolute atomic E-state index is 11.5. The molecule has 5 heteroatoms. The first-order valence-electron chi connectivity index (χ1n) is 8.79. The van der Waals surface area contributed by atoms with Crippen molar-refractivity contribution in [1.82, 2.24) is 9.88 Å². The highest BCUT2D eigenvalue weighted by Crippen LogP contribution is 2.39. The number of benzene rings is 1. The number of likely N-dealkylation sites (tertiary alicyclic amines) is 1. The number of aryl methyl sites for hydroxylation is 1. The van der Waals surface area contributed by atoms with Gasteiger partial charge in [0.1, 0.15) is 0 Å². The number of hydrogen-bond acceptors (Lipinski definition) is 3. The van der Waals surface area contributed by atoms with Crippen LogP contribution < -0.4 is 5.73 Å². The maximum Gasteiger partial charge on any atom is 0.220 e. The van der Waals surface area contributed by atoms with Crippen molar-refractivity contribution >= 4 is 28.1 Å². The summed E-state index contributed by atoms with van der Waals surface area (Å²) in [6.45, 7) is 3.95. The molecule has 1 aliphatic heterocycles. The summed E-state index contributed by atoms with van der Waals surface area (Å²) in [5.41, 5.74) is 9.28. The van der Waals surface area contributed by atoms with Gasteiger partial charge in [0.25, 0.3) is 0 Å². The minimum atomic E-state index is -0.157. The van der Waals surface area contributed by atoms with E-state index in [2.05, 4.69) is 58.6 Å². The van der Waals surface area contributed by atoms with Crippen LogP contribution in [0.4, 0.5) is 0 Å². The van der Waals surface area contributed by atoms with Crippen molar-refractivity contribution in [3.63, 3.8) is 0 Å². The summed E-state index contributed by atoms with van der Waals surface area (Å²) in [4.78, 5) is 18.9. The van der Waals surface area contributed by atoms with Gasteiger partial charge in [-0.25, -0.2) is 0 Å². The molecule has 0 radical (unpaired) electrons. The normalized spacial score (nSPS) is 17.8. The molecular formula is C20H23N3OS. The van der Waals surface area contributed by atoms with Gasteiger partial charge < -0.3 is 10.7 Å². The molecular weight excluding hydrogens is 330 g/mol. The maximum atomic E-state index is 11.5. The van der Waals surface area contributed by atoms with E-state index < -0.39 is 0 Å². The largest absolute Gasteiger partial charge is 0.369 e. The SMILES string of the molecule is Cc1[nH]c2ccccc2c1[C@@H](c1cccs1)N1CCC(C(N)=O)CC1. The summed E-state index contributed by atoms with van der Waals surface area (Å²) in [7, 11) is 0. The number of carbonyl (C=O) groups excluding carboxylic acids is 1. The fraction of sp³-hybridized carbons (Fsp3) is 0.350. The highest BCUT2D eigenvalue weighted by Gasteiger charge is 2.32. The second-order valence-electron chi connectivity index (χ2n) is 6.84. The third-order valence-corrected chi connectivity index (χ3v) is 6.25. The number of amides is 1. The summed E-state index contributed by atoms with van der Waals surface area (Å²) in [6, 6.07) is 13.1. The molecule has 1 saturated heterocycles. The van der Waals surface area contributed by atoms with Gasteiger partial charge in [0.15, 0.2) is 0 Å². The van der Waals surface area contributed by atoms with E-state index in [1.165, 1.54) is 27.0 Å². The number of aromatic amines is 1. The lowest BCUT2D eigenvalue weighted by molar-refractivity contribution is -0.123. The van der Waals surface area contributed by atoms with Crippen LogP contribution in [0, 0.1) is 12.8 Å². The molecule has 0 spiro atoms. The van der Waals surface area contributed by atoms with Gasteiger partial charge in [-0.15, -0.1) is 11.3 Å². The van der Waals surface area contributed by atoms with Crippen molar-refractivity contribution in [1.29, 1.82) is 0 Å². The zero-order chi connectivity index (χ0) is 17.4. The smallest absolute Gasteiger partial charge is 0.220 e. The summed E-state index contributed by atoms with van der Waals surface area (Å²) in [5, 5.41) is 3.43. The van der Waals surface area contributed by atoms with E-state index in [0.717, 1.165) is 25.9 Å². The van der Waals surface area contributed by atoms with E-state index in [4.69, 9.17) is 5.73 Å². The van der Waals surface area contributed by atoms with Crippen LogP contribution in [0.2, 0.25) is 0 Å². The molecule has 0 aliphatic carbocycles. The van der Waals surface area contributed by atoms with Gasteiger partial charge in [-0.1, -0.05) is 24.3 Å². The van der Waals surface area contributed by atoms with Gasteiger partial charge in [-0.05, 0) is 50.4 Å². The second-order valence-corrected chi connectivity index (χ2v) is 7.82. The van der Waals surface area contributed by atoms with Crippen molar-refractivity contribution in [2.24, 2.45) is 11.7 Å². The molecule has 1 aromatic carbocycles.